The van der Waals surface area contributed by atoms with E-state index in [2.05, 4.69) is 9.97 Å². The van der Waals surface area contributed by atoms with Gasteiger partial charge in [0.2, 0.25) is 5.88 Å². The second-order valence-corrected chi connectivity index (χ2v) is 7.31. The Labute approximate surface area is 157 Å². The van der Waals surface area contributed by atoms with Crippen molar-refractivity contribution in [1.82, 2.24) is 9.97 Å². The molecule has 8 heteroatoms. The van der Waals surface area contributed by atoms with Gasteiger partial charge >= 0.3 is 6.09 Å². The highest BCUT2D eigenvalue weighted by Crippen LogP contribution is 2.35. The molecule has 0 saturated heterocycles. The number of amides is 1. The molecule has 1 amide bonds. The summed E-state index contributed by atoms with van der Waals surface area (Å²) in [4.78, 5) is 20.6. The van der Waals surface area contributed by atoms with Gasteiger partial charge in [0.15, 0.2) is 0 Å². The third-order valence-corrected chi connectivity index (χ3v) is 4.02. The number of hydrogen-bond donors (Lipinski definition) is 1. The molecular formula is C17H21Cl2N3O3. The number of nitrogens with one attached hydrogen (secondary N) is 1. The predicted octanol–water partition coefficient (Wildman–Crippen LogP) is 4.98. The number of anilines is 1. The number of aromatic amines is 1. The van der Waals surface area contributed by atoms with Gasteiger partial charge in [-0.05, 0) is 39.8 Å². The fraction of sp³-hybridized carbons (Fsp3) is 0.412. The lowest BCUT2D eigenvalue weighted by atomic mass is 10.2. The fourth-order valence-corrected chi connectivity index (χ4v) is 2.63. The van der Waals surface area contributed by atoms with Gasteiger partial charge in [-0.25, -0.2) is 9.78 Å². The van der Waals surface area contributed by atoms with E-state index in [-0.39, 0.29) is 6.61 Å². The Bertz CT molecular complexity index is 769. The number of carbonyl (C=O) groups is 1. The Morgan fingerprint density at radius 3 is 2.56 bits per heavy atom. The van der Waals surface area contributed by atoms with Gasteiger partial charge in [-0.2, -0.15) is 0 Å². The number of ether oxygens (including phenoxy) is 2. The van der Waals surface area contributed by atoms with Crippen molar-refractivity contribution in [2.24, 2.45) is 0 Å². The zero-order valence-electron chi connectivity index (χ0n) is 14.8. The summed E-state index contributed by atoms with van der Waals surface area (Å²) >= 11 is 12.7. The van der Waals surface area contributed by atoms with Crippen LogP contribution in [0.25, 0.3) is 0 Å². The quantitative estimate of drug-likeness (QED) is 0.805. The highest BCUT2D eigenvalue weighted by Gasteiger charge is 2.23. The van der Waals surface area contributed by atoms with E-state index in [1.807, 2.05) is 6.92 Å². The van der Waals surface area contributed by atoms with Gasteiger partial charge < -0.3 is 14.5 Å². The number of imidazole rings is 1. The minimum atomic E-state index is -0.603. The predicted molar refractivity (Wildman–Crippen MR) is 98.8 cm³/mol. The third-order valence-electron chi connectivity index (χ3n) is 3.25. The van der Waals surface area contributed by atoms with E-state index < -0.39 is 11.7 Å². The summed E-state index contributed by atoms with van der Waals surface area (Å²) in [7, 11) is 1.59. The smallest absolute Gasteiger partial charge is 0.414 e. The Kier molecular flexibility index (Phi) is 5.85. The molecule has 1 N–H and O–H groups in total. The summed E-state index contributed by atoms with van der Waals surface area (Å²) in [6.07, 6.45) is 1.07. The molecule has 2 aromatic rings. The summed E-state index contributed by atoms with van der Waals surface area (Å²) in [6, 6.07) is 3.33. The van der Waals surface area contributed by atoms with Gasteiger partial charge in [0, 0.05) is 17.6 Å². The Morgan fingerprint density at radius 1 is 1.32 bits per heavy atom. The van der Waals surface area contributed by atoms with E-state index in [9.17, 15) is 4.79 Å². The van der Waals surface area contributed by atoms with Crippen molar-refractivity contribution in [2.75, 3.05) is 11.9 Å². The second-order valence-electron chi connectivity index (χ2n) is 6.52. The van der Waals surface area contributed by atoms with Crippen molar-refractivity contribution in [3.05, 3.63) is 39.8 Å². The van der Waals surface area contributed by atoms with Crippen molar-refractivity contribution in [3.63, 3.8) is 0 Å². The van der Waals surface area contributed by atoms with Crippen LogP contribution in [-0.4, -0.2) is 28.7 Å². The molecule has 0 spiro atoms. The van der Waals surface area contributed by atoms with Crippen LogP contribution in [-0.2, 0) is 11.3 Å². The molecule has 0 saturated carbocycles. The first-order valence-corrected chi connectivity index (χ1v) is 8.42. The van der Waals surface area contributed by atoms with Crippen molar-refractivity contribution >= 4 is 35.0 Å². The van der Waals surface area contributed by atoms with Gasteiger partial charge in [-0.15, -0.1) is 0 Å². The molecule has 0 unspecified atom stereocenters. The zero-order valence-corrected chi connectivity index (χ0v) is 16.3. The number of benzene rings is 1. The molecule has 0 aliphatic carbocycles. The van der Waals surface area contributed by atoms with Gasteiger partial charge in [-0.1, -0.05) is 23.2 Å². The van der Waals surface area contributed by atoms with E-state index >= 15 is 0 Å². The summed E-state index contributed by atoms with van der Waals surface area (Å²) in [5.41, 5.74) is 0.456. The third kappa shape index (κ3) is 5.03. The van der Waals surface area contributed by atoms with Crippen LogP contribution in [0, 0.1) is 6.92 Å². The van der Waals surface area contributed by atoms with E-state index in [1.54, 1.807) is 46.1 Å². The van der Waals surface area contributed by atoms with Crippen LogP contribution >= 0.6 is 23.2 Å². The first-order valence-electron chi connectivity index (χ1n) is 7.66. The monoisotopic (exact) mass is 385 g/mol. The molecule has 0 atom stereocenters. The highest BCUT2D eigenvalue weighted by atomic mass is 35.5. The summed E-state index contributed by atoms with van der Waals surface area (Å²) in [5.74, 6) is 1.25. The topological polar surface area (TPSA) is 67.4 Å². The Balaban J connectivity index is 2.21. The minimum Gasteiger partial charge on any atom is -0.473 e. The molecule has 6 nitrogen and oxygen atoms in total. The maximum atomic E-state index is 12.3. The number of aryl methyl sites for hydroxylation is 1. The molecule has 0 bridgehead atoms. The summed E-state index contributed by atoms with van der Waals surface area (Å²) < 4.78 is 11.0. The lowest BCUT2D eigenvalue weighted by Gasteiger charge is -2.26. The number of aromatic nitrogens is 2. The van der Waals surface area contributed by atoms with E-state index in [1.165, 1.54) is 4.90 Å². The van der Waals surface area contributed by atoms with Gasteiger partial charge in [0.1, 0.15) is 18.0 Å². The van der Waals surface area contributed by atoms with Crippen molar-refractivity contribution < 1.29 is 14.3 Å². The molecule has 0 aliphatic rings. The molecule has 1 heterocycles. The number of carbonyl (C=O) groups excluding carboxylic acids is 1. The molecule has 0 radical (unpaired) electrons. The van der Waals surface area contributed by atoms with Gasteiger partial charge in [0.25, 0.3) is 0 Å². The molecule has 136 valence electrons. The lowest BCUT2D eigenvalue weighted by molar-refractivity contribution is 0.0589. The normalized spacial score (nSPS) is 11.3. The minimum absolute atomic E-state index is 0.134. The van der Waals surface area contributed by atoms with Crippen LogP contribution < -0.4 is 9.64 Å². The van der Waals surface area contributed by atoms with Crippen LogP contribution in [0.4, 0.5) is 10.5 Å². The molecule has 25 heavy (non-hydrogen) atoms. The van der Waals surface area contributed by atoms with Crippen molar-refractivity contribution in [3.8, 4) is 5.88 Å². The summed E-state index contributed by atoms with van der Waals surface area (Å²) in [5, 5.41) is 0.777. The van der Waals surface area contributed by atoms with Gasteiger partial charge in [-0.3, -0.25) is 4.90 Å². The number of nitrogens with zero attached hydrogens (tertiary/aromatic N) is 2. The average Bonchev–Trinajstić information content (AvgIpc) is 2.90. The SMILES string of the molecule is Cc1ncc(OCc2c(Cl)ccc(N(C)C(=O)OC(C)(C)C)c2Cl)[nH]1. The standard InChI is InChI=1S/C17H21Cl2N3O3/c1-10-20-8-14(21-10)24-9-11-12(18)6-7-13(15(11)19)22(5)16(23)25-17(2,3)4/h6-8H,9H2,1-5H3,(H,20,21). The van der Waals surface area contributed by atoms with Crippen LogP contribution in [0.1, 0.15) is 32.2 Å². The van der Waals surface area contributed by atoms with E-state index in [0.29, 0.717) is 27.2 Å². The zero-order chi connectivity index (χ0) is 18.8. The van der Waals surface area contributed by atoms with Crippen LogP contribution in [0.3, 0.4) is 0 Å². The molecule has 1 aromatic carbocycles. The molecular weight excluding hydrogens is 365 g/mol. The molecule has 2 rings (SSSR count). The molecule has 1 aromatic heterocycles. The van der Waals surface area contributed by atoms with E-state index in [4.69, 9.17) is 32.7 Å². The van der Waals surface area contributed by atoms with Crippen LogP contribution in [0.5, 0.6) is 5.88 Å². The van der Waals surface area contributed by atoms with Crippen molar-refractivity contribution in [1.29, 1.82) is 0 Å². The number of halogens is 2. The lowest BCUT2D eigenvalue weighted by Crippen LogP contribution is -2.34. The fourth-order valence-electron chi connectivity index (χ4n) is 2.03. The molecule has 0 aliphatic heterocycles. The average molecular weight is 386 g/mol. The highest BCUT2D eigenvalue weighted by molar-refractivity contribution is 6.38. The van der Waals surface area contributed by atoms with Crippen LogP contribution in [0.15, 0.2) is 18.3 Å². The number of hydrogen-bond acceptors (Lipinski definition) is 4. The van der Waals surface area contributed by atoms with Crippen LogP contribution in [0.2, 0.25) is 10.0 Å². The maximum Gasteiger partial charge on any atom is 0.414 e. The Hall–Kier alpha value is -1.92. The first kappa shape index (κ1) is 19.4. The van der Waals surface area contributed by atoms with E-state index in [0.717, 1.165) is 5.82 Å². The van der Waals surface area contributed by atoms with Gasteiger partial charge in [0.05, 0.1) is 16.9 Å². The van der Waals surface area contributed by atoms with Crippen molar-refractivity contribution in [2.45, 2.75) is 39.9 Å². The summed E-state index contributed by atoms with van der Waals surface area (Å²) in [6.45, 7) is 7.36. The maximum absolute atomic E-state index is 12.3. The largest absolute Gasteiger partial charge is 0.473 e. The first-order chi connectivity index (χ1) is 11.6. The number of rotatable bonds is 4. The molecule has 0 fully saturated rings. The number of H-pyrrole nitrogens is 1. The second kappa shape index (κ2) is 7.54. The Morgan fingerprint density at radius 2 is 2.00 bits per heavy atom.